The minimum absolute atomic E-state index is 0.988. The number of nitrogens with one attached hydrogen (secondary N) is 1. The quantitative estimate of drug-likeness (QED) is 0.788. The van der Waals surface area contributed by atoms with Crippen molar-refractivity contribution in [2.24, 2.45) is 0 Å². The third-order valence-electron chi connectivity index (χ3n) is 3.20. The maximum Gasteiger partial charge on any atom is 0.132 e. The van der Waals surface area contributed by atoms with Crippen molar-refractivity contribution < 1.29 is 0 Å². The third kappa shape index (κ3) is 3.40. The van der Waals surface area contributed by atoms with Gasteiger partial charge in [0.1, 0.15) is 12.1 Å². The highest BCUT2D eigenvalue weighted by molar-refractivity contribution is 5.46. The summed E-state index contributed by atoms with van der Waals surface area (Å²) in [5.41, 5.74) is 2.60. The molecule has 0 spiro atoms. The van der Waals surface area contributed by atoms with Crippen molar-refractivity contribution in [2.75, 3.05) is 32.5 Å². The smallest absolute Gasteiger partial charge is 0.132 e. The Morgan fingerprint density at radius 1 is 1.24 bits per heavy atom. The van der Waals surface area contributed by atoms with Crippen molar-refractivity contribution in [2.45, 2.75) is 32.1 Å². The van der Waals surface area contributed by atoms with E-state index in [-0.39, 0.29) is 0 Å². The molecule has 17 heavy (non-hydrogen) atoms. The minimum atomic E-state index is 0.988. The Morgan fingerprint density at radius 2 is 2.06 bits per heavy atom. The summed E-state index contributed by atoms with van der Waals surface area (Å²) in [4.78, 5) is 11.0. The summed E-state index contributed by atoms with van der Waals surface area (Å²) in [6, 6.07) is 0. The maximum atomic E-state index is 4.38. The predicted molar refractivity (Wildman–Crippen MR) is 70.3 cm³/mol. The monoisotopic (exact) mass is 234 g/mol. The van der Waals surface area contributed by atoms with Crippen LogP contribution in [0.15, 0.2) is 6.33 Å². The molecule has 0 aromatic carbocycles. The molecule has 0 fully saturated rings. The van der Waals surface area contributed by atoms with Crippen molar-refractivity contribution in [3.8, 4) is 0 Å². The van der Waals surface area contributed by atoms with Gasteiger partial charge in [-0.15, -0.1) is 0 Å². The van der Waals surface area contributed by atoms with Crippen LogP contribution in [0.2, 0.25) is 0 Å². The Hall–Kier alpha value is -1.16. The fourth-order valence-electron chi connectivity index (χ4n) is 2.28. The van der Waals surface area contributed by atoms with Gasteiger partial charge in [-0.3, -0.25) is 0 Å². The lowest BCUT2D eigenvalue weighted by Gasteiger charge is -2.18. The second kappa shape index (κ2) is 5.96. The average Bonchev–Trinajstić information content (AvgIpc) is 2.34. The normalized spacial score (nSPS) is 14.8. The molecule has 0 amide bonds. The molecular formula is C13H22N4. The number of aryl methyl sites for hydroxylation is 1. The van der Waals surface area contributed by atoms with E-state index in [0.717, 1.165) is 38.2 Å². The summed E-state index contributed by atoms with van der Waals surface area (Å²) in [7, 11) is 4.21. The molecule has 94 valence electrons. The molecule has 1 heterocycles. The highest BCUT2D eigenvalue weighted by Crippen LogP contribution is 2.24. The summed E-state index contributed by atoms with van der Waals surface area (Å²) >= 11 is 0. The van der Waals surface area contributed by atoms with Gasteiger partial charge in [-0.25, -0.2) is 9.97 Å². The lowest BCUT2D eigenvalue weighted by Crippen LogP contribution is -2.18. The Labute approximate surface area is 103 Å². The van der Waals surface area contributed by atoms with Gasteiger partial charge in [-0.05, 0) is 52.7 Å². The second-order valence-electron chi connectivity index (χ2n) is 4.94. The van der Waals surface area contributed by atoms with E-state index in [2.05, 4.69) is 34.3 Å². The fraction of sp³-hybridized carbons (Fsp3) is 0.692. The van der Waals surface area contributed by atoms with E-state index >= 15 is 0 Å². The molecule has 0 saturated carbocycles. The van der Waals surface area contributed by atoms with Gasteiger partial charge >= 0.3 is 0 Å². The lowest BCUT2D eigenvalue weighted by atomic mass is 9.96. The van der Waals surface area contributed by atoms with Gasteiger partial charge in [0.05, 0.1) is 0 Å². The summed E-state index contributed by atoms with van der Waals surface area (Å²) in [5, 5.41) is 3.45. The molecule has 4 nitrogen and oxygen atoms in total. The van der Waals surface area contributed by atoms with Crippen LogP contribution < -0.4 is 5.32 Å². The molecule has 1 aliphatic carbocycles. The van der Waals surface area contributed by atoms with Crippen LogP contribution in [0.1, 0.15) is 30.5 Å². The molecule has 0 aliphatic heterocycles. The van der Waals surface area contributed by atoms with Crippen molar-refractivity contribution in [3.05, 3.63) is 17.6 Å². The van der Waals surface area contributed by atoms with Crippen molar-refractivity contribution >= 4 is 5.82 Å². The van der Waals surface area contributed by atoms with Crippen LogP contribution in [0.25, 0.3) is 0 Å². The first-order valence-corrected chi connectivity index (χ1v) is 6.48. The van der Waals surface area contributed by atoms with E-state index in [1.807, 2.05) is 0 Å². The number of fused-ring (bicyclic) bond motifs is 1. The Kier molecular flexibility index (Phi) is 4.31. The number of aromatic nitrogens is 2. The van der Waals surface area contributed by atoms with E-state index in [4.69, 9.17) is 0 Å². The van der Waals surface area contributed by atoms with Crippen LogP contribution in [0, 0.1) is 0 Å². The number of nitrogens with zero attached hydrogens (tertiary/aromatic N) is 3. The minimum Gasteiger partial charge on any atom is -0.370 e. The zero-order valence-corrected chi connectivity index (χ0v) is 10.9. The summed E-state index contributed by atoms with van der Waals surface area (Å²) in [6.45, 7) is 2.10. The molecular weight excluding hydrogens is 212 g/mol. The van der Waals surface area contributed by atoms with Gasteiger partial charge in [-0.1, -0.05) is 0 Å². The second-order valence-corrected chi connectivity index (χ2v) is 4.94. The van der Waals surface area contributed by atoms with E-state index < -0.39 is 0 Å². The molecule has 0 bridgehead atoms. The average molecular weight is 234 g/mol. The predicted octanol–water partition coefficient (Wildman–Crippen LogP) is 1.72. The molecule has 4 heteroatoms. The van der Waals surface area contributed by atoms with E-state index in [9.17, 15) is 0 Å². The standard InChI is InChI=1S/C13H22N4/c1-17(2)9-5-8-14-13-11-6-3-4-7-12(11)15-10-16-13/h10H,3-9H2,1-2H3,(H,14,15,16). The molecule has 1 aliphatic rings. The maximum absolute atomic E-state index is 4.38. The summed E-state index contributed by atoms with van der Waals surface area (Å²) in [5.74, 6) is 1.06. The van der Waals surface area contributed by atoms with E-state index in [0.29, 0.717) is 0 Å². The van der Waals surface area contributed by atoms with E-state index in [1.165, 1.54) is 24.1 Å². The van der Waals surface area contributed by atoms with Crippen LogP contribution in [0.4, 0.5) is 5.82 Å². The first-order valence-electron chi connectivity index (χ1n) is 6.48. The van der Waals surface area contributed by atoms with Gasteiger partial charge in [0, 0.05) is 17.8 Å². The Morgan fingerprint density at radius 3 is 2.88 bits per heavy atom. The molecule has 0 unspecified atom stereocenters. The van der Waals surface area contributed by atoms with Crippen molar-refractivity contribution in [1.29, 1.82) is 0 Å². The van der Waals surface area contributed by atoms with E-state index in [1.54, 1.807) is 6.33 Å². The van der Waals surface area contributed by atoms with Crippen molar-refractivity contribution in [1.82, 2.24) is 14.9 Å². The number of rotatable bonds is 5. The van der Waals surface area contributed by atoms with Crippen LogP contribution >= 0.6 is 0 Å². The van der Waals surface area contributed by atoms with Gasteiger partial charge < -0.3 is 10.2 Å². The first-order chi connectivity index (χ1) is 8.27. The van der Waals surface area contributed by atoms with Crippen LogP contribution in [0.5, 0.6) is 0 Å². The summed E-state index contributed by atoms with van der Waals surface area (Å²) < 4.78 is 0. The SMILES string of the molecule is CN(C)CCCNc1ncnc2c1CCCC2. The lowest BCUT2D eigenvalue weighted by molar-refractivity contribution is 0.405. The first kappa shape index (κ1) is 12.3. The van der Waals surface area contributed by atoms with Gasteiger partial charge in [0.25, 0.3) is 0 Å². The van der Waals surface area contributed by atoms with Crippen LogP contribution in [0.3, 0.4) is 0 Å². The Balaban J connectivity index is 1.92. The Bertz CT molecular complexity index is 362. The largest absolute Gasteiger partial charge is 0.370 e. The van der Waals surface area contributed by atoms with Gasteiger partial charge in [-0.2, -0.15) is 0 Å². The molecule has 0 radical (unpaired) electrons. The third-order valence-corrected chi connectivity index (χ3v) is 3.20. The fourth-order valence-corrected chi connectivity index (χ4v) is 2.28. The molecule has 0 atom stereocenters. The number of hydrogen-bond acceptors (Lipinski definition) is 4. The highest BCUT2D eigenvalue weighted by atomic mass is 15.1. The number of hydrogen-bond donors (Lipinski definition) is 1. The van der Waals surface area contributed by atoms with Crippen LogP contribution in [-0.2, 0) is 12.8 Å². The molecule has 1 N–H and O–H groups in total. The highest BCUT2D eigenvalue weighted by Gasteiger charge is 2.14. The topological polar surface area (TPSA) is 41.0 Å². The zero-order valence-electron chi connectivity index (χ0n) is 10.9. The molecule has 2 rings (SSSR count). The molecule has 1 aromatic rings. The van der Waals surface area contributed by atoms with Gasteiger partial charge in [0.15, 0.2) is 0 Å². The molecule has 1 aromatic heterocycles. The van der Waals surface area contributed by atoms with Crippen LogP contribution in [-0.4, -0.2) is 42.1 Å². The number of anilines is 1. The summed E-state index contributed by atoms with van der Waals surface area (Å²) in [6.07, 6.45) is 7.62. The van der Waals surface area contributed by atoms with Crippen molar-refractivity contribution in [3.63, 3.8) is 0 Å². The van der Waals surface area contributed by atoms with Gasteiger partial charge in [0.2, 0.25) is 0 Å². The molecule has 0 saturated heterocycles. The zero-order chi connectivity index (χ0) is 12.1.